The van der Waals surface area contributed by atoms with Gasteiger partial charge in [-0.1, -0.05) is 18.2 Å². The van der Waals surface area contributed by atoms with Gasteiger partial charge in [0.25, 0.3) is 5.91 Å². The summed E-state index contributed by atoms with van der Waals surface area (Å²) < 4.78 is 43.4. The van der Waals surface area contributed by atoms with Gasteiger partial charge in [-0.3, -0.25) is 10.1 Å². The Labute approximate surface area is 151 Å². The molecule has 0 fully saturated rings. The zero-order valence-electron chi connectivity index (χ0n) is 13.5. The smallest absolute Gasteiger partial charge is 0.416 e. The van der Waals surface area contributed by atoms with Gasteiger partial charge in [-0.15, -0.1) is 11.3 Å². The summed E-state index contributed by atoms with van der Waals surface area (Å²) in [4.78, 5) is 16.5. The second-order valence-corrected chi connectivity index (χ2v) is 6.16. The second kappa shape index (κ2) is 7.17. The molecule has 8 heteroatoms. The molecule has 0 aliphatic rings. The van der Waals surface area contributed by atoms with Crippen molar-refractivity contribution in [1.29, 1.82) is 0 Å². The summed E-state index contributed by atoms with van der Waals surface area (Å²) in [7, 11) is 1.56. The SMILES string of the molecule is COc1cccc(-c2csc(NC(=O)c3cccc(C(F)(F)F)c3)n2)c1. The Bertz CT molecular complexity index is 938. The molecule has 0 unspecified atom stereocenters. The molecule has 26 heavy (non-hydrogen) atoms. The molecule has 0 saturated heterocycles. The maximum atomic E-state index is 12.8. The number of alkyl halides is 3. The van der Waals surface area contributed by atoms with Gasteiger partial charge in [-0.25, -0.2) is 4.98 Å². The number of amides is 1. The minimum absolute atomic E-state index is 0.0852. The normalized spacial score (nSPS) is 11.2. The molecule has 1 aromatic heterocycles. The van der Waals surface area contributed by atoms with Crippen molar-refractivity contribution in [2.75, 3.05) is 12.4 Å². The van der Waals surface area contributed by atoms with E-state index in [2.05, 4.69) is 10.3 Å². The molecule has 134 valence electrons. The monoisotopic (exact) mass is 378 g/mol. The van der Waals surface area contributed by atoms with Gasteiger partial charge in [0.15, 0.2) is 5.13 Å². The van der Waals surface area contributed by atoms with E-state index in [0.717, 1.165) is 17.7 Å². The van der Waals surface area contributed by atoms with Crippen molar-refractivity contribution >= 4 is 22.4 Å². The topological polar surface area (TPSA) is 51.2 Å². The Morgan fingerprint density at radius 1 is 1.15 bits per heavy atom. The number of thiazole rings is 1. The maximum absolute atomic E-state index is 12.8. The third-order valence-electron chi connectivity index (χ3n) is 3.54. The molecule has 3 rings (SSSR count). The Morgan fingerprint density at radius 2 is 1.92 bits per heavy atom. The van der Waals surface area contributed by atoms with Gasteiger partial charge in [0, 0.05) is 16.5 Å². The highest BCUT2D eigenvalue weighted by atomic mass is 32.1. The molecule has 0 bridgehead atoms. The number of halogens is 3. The average molecular weight is 378 g/mol. The molecule has 1 amide bonds. The molecule has 0 saturated carbocycles. The molecule has 3 aromatic rings. The van der Waals surface area contributed by atoms with Crippen molar-refractivity contribution in [2.24, 2.45) is 0 Å². The average Bonchev–Trinajstić information content (AvgIpc) is 3.09. The number of hydrogen-bond donors (Lipinski definition) is 1. The fourth-order valence-corrected chi connectivity index (χ4v) is 2.97. The molecule has 0 spiro atoms. The minimum atomic E-state index is -4.50. The summed E-state index contributed by atoms with van der Waals surface area (Å²) in [5.41, 5.74) is 0.479. The van der Waals surface area contributed by atoms with Crippen molar-refractivity contribution < 1.29 is 22.7 Å². The Balaban J connectivity index is 1.78. The van der Waals surface area contributed by atoms with E-state index in [-0.39, 0.29) is 5.56 Å². The molecule has 0 radical (unpaired) electrons. The molecule has 2 aromatic carbocycles. The van der Waals surface area contributed by atoms with Crippen LogP contribution in [-0.2, 0) is 6.18 Å². The zero-order chi connectivity index (χ0) is 18.7. The lowest BCUT2D eigenvalue weighted by molar-refractivity contribution is -0.137. The van der Waals surface area contributed by atoms with Crippen molar-refractivity contribution in [2.45, 2.75) is 6.18 Å². The Morgan fingerprint density at radius 3 is 2.65 bits per heavy atom. The van der Waals surface area contributed by atoms with Gasteiger partial charge in [-0.2, -0.15) is 13.2 Å². The molecule has 1 N–H and O–H groups in total. The second-order valence-electron chi connectivity index (χ2n) is 5.30. The van der Waals surface area contributed by atoms with Crippen molar-refractivity contribution in [3.63, 3.8) is 0 Å². The summed E-state index contributed by atoms with van der Waals surface area (Å²) in [5.74, 6) is 0.0210. The first kappa shape index (κ1) is 17.9. The molecule has 4 nitrogen and oxygen atoms in total. The van der Waals surface area contributed by atoms with Gasteiger partial charge >= 0.3 is 6.18 Å². The number of methoxy groups -OCH3 is 1. The van der Waals surface area contributed by atoms with Crippen LogP contribution in [0.15, 0.2) is 53.9 Å². The Kier molecular flexibility index (Phi) is 4.94. The van der Waals surface area contributed by atoms with E-state index in [1.807, 2.05) is 12.1 Å². The highest BCUT2D eigenvalue weighted by Crippen LogP contribution is 2.30. The molecular formula is C18H13F3N2O2S. The summed E-state index contributed by atoms with van der Waals surface area (Å²) in [6, 6.07) is 11.5. The standard InChI is InChI=1S/C18H13F3N2O2S/c1-25-14-7-3-4-11(9-14)15-10-26-17(22-15)23-16(24)12-5-2-6-13(8-12)18(19,20)21/h2-10H,1H3,(H,22,23,24). The van der Waals surface area contributed by atoms with Gasteiger partial charge < -0.3 is 4.74 Å². The lowest BCUT2D eigenvalue weighted by Gasteiger charge is -2.08. The maximum Gasteiger partial charge on any atom is 0.416 e. The number of rotatable bonds is 4. The number of ether oxygens (including phenoxy) is 1. The van der Waals surface area contributed by atoms with Crippen LogP contribution in [0, 0.1) is 0 Å². The Hall–Kier alpha value is -2.87. The van der Waals surface area contributed by atoms with Crippen LogP contribution in [0.2, 0.25) is 0 Å². The van der Waals surface area contributed by atoms with E-state index in [1.165, 1.54) is 23.5 Å². The van der Waals surface area contributed by atoms with E-state index in [0.29, 0.717) is 16.6 Å². The lowest BCUT2D eigenvalue weighted by atomic mass is 10.1. The number of benzene rings is 2. The zero-order valence-corrected chi connectivity index (χ0v) is 14.3. The predicted octanol–water partition coefficient (Wildman–Crippen LogP) is 5.09. The summed E-state index contributed by atoms with van der Waals surface area (Å²) >= 11 is 1.18. The highest BCUT2D eigenvalue weighted by molar-refractivity contribution is 7.14. The quantitative estimate of drug-likeness (QED) is 0.688. The van der Waals surface area contributed by atoms with Crippen molar-refractivity contribution in [3.05, 3.63) is 65.0 Å². The fourth-order valence-electron chi connectivity index (χ4n) is 2.25. The van der Waals surface area contributed by atoms with E-state index in [4.69, 9.17) is 4.74 Å². The van der Waals surface area contributed by atoms with Gasteiger partial charge in [-0.05, 0) is 30.3 Å². The number of nitrogens with zero attached hydrogens (tertiary/aromatic N) is 1. The van der Waals surface area contributed by atoms with Crippen LogP contribution in [0.3, 0.4) is 0 Å². The third kappa shape index (κ3) is 4.02. The van der Waals surface area contributed by atoms with Crippen molar-refractivity contribution in [1.82, 2.24) is 4.98 Å². The van der Waals surface area contributed by atoms with Crippen LogP contribution in [0.1, 0.15) is 15.9 Å². The molecule has 0 aliphatic heterocycles. The predicted molar refractivity (Wildman–Crippen MR) is 93.5 cm³/mol. The van der Waals surface area contributed by atoms with Gasteiger partial charge in [0.1, 0.15) is 5.75 Å². The molecular weight excluding hydrogens is 365 g/mol. The van der Waals surface area contributed by atoms with Crippen LogP contribution >= 0.6 is 11.3 Å². The first-order valence-corrected chi connectivity index (χ1v) is 8.33. The van der Waals surface area contributed by atoms with Crippen LogP contribution in [0.4, 0.5) is 18.3 Å². The van der Waals surface area contributed by atoms with Gasteiger partial charge in [0.05, 0.1) is 18.4 Å². The minimum Gasteiger partial charge on any atom is -0.497 e. The number of nitrogens with one attached hydrogen (secondary N) is 1. The number of aromatic nitrogens is 1. The fraction of sp³-hybridized carbons (Fsp3) is 0.111. The largest absolute Gasteiger partial charge is 0.497 e. The third-order valence-corrected chi connectivity index (χ3v) is 4.30. The number of hydrogen-bond acceptors (Lipinski definition) is 4. The number of anilines is 1. The van der Waals surface area contributed by atoms with Crippen LogP contribution in [-0.4, -0.2) is 18.0 Å². The lowest BCUT2D eigenvalue weighted by Crippen LogP contribution is -2.13. The first-order valence-electron chi connectivity index (χ1n) is 7.45. The molecule has 0 aliphatic carbocycles. The number of carbonyl (C=O) groups is 1. The van der Waals surface area contributed by atoms with E-state index in [1.54, 1.807) is 24.6 Å². The molecule has 0 atom stereocenters. The van der Waals surface area contributed by atoms with E-state index in [9.17, 15) is 18.0 Å². The van der Waals surface area contributed by atoms with Crippen LogP contribution in [0.25, 0.3) is 11.3 Å². The van der Waals surface area contributed by atoms with E-state index < -0.39 is 17.6 Å². The van der Waals surface area contributed by atoms with Crippen LogP contribution < -0.4 is 10.1 Å². The summed E-state index contributed by atoms with van der Waals surface area (Å²) in [5, 5.41) is 4.57. The first-order chi connectivity index (χ1) is 12.4. The van der Waals surface area contributed by atoms with Gasteiger partial charge in [0.2, 0.25) is 0 Å². The van der Waals surface area contributed by atoms with E-state index >= 15 is 0 Å². The van der Waals surface area contributed by atoms with Crippen LogP contribution in [0.5, 0.6) is 5.75 Å². The molecule has 1 heterocycles. The summed E-state index contributed by atoms with van der Waals surface area (Å²) in [6.07, 6.45) is -4.50. The summed E-state index contributed by atoms with van der Waals surface area (Å²) in [6.45, 7) is 0. The highest BCUT2D eigenvalue weighted by Gasteiger charge is 2.30. The van der Waals surface area contributed by atoms with Crippen molar-refractivity contribution in [3.8, 4) is 17.0 Å². The number of carbonyl (C=O) groups excluding carboxylic acids is 1.